The van der Waals surface area contributed by atoms with Crippen molar-refractivity contribution < 1.29 is 17.9 Å². The molecule has 0 bridgehead atoms. The third kappa shape index (κ3) is 5.85. The molecule has 156 valence electrons. The van der Waals surface area contributed by atoms with Gasteiger partial charge < -0.3 is 10.1 Å². The summed E-state index contributed by atoms with van der Waals surface area (Å²) in [5.74, 6) is 0.120. The molecule has 0 aromatic heterocycles. The first-order chi connectivity index (χ1) is 13.7. The highest BCUT2D eigenvalue weighted by Crippen LogP contribution is 2.25. The molecule has 0 saturated carbocycles. The monoisotopic (exact) mass is 456 g/mol. The summed E-state index contributed by atoms with van der Waals surface area (Å²) in [4.78, 5) is 12.8. The fraction of sp³-hybridized carbons (Fsp3) is 0.350. The van der Waals surface area contributed by atoms with Crippen LogP contribution >= 0.6 is 23.2 Å². The van der Waals surface area contributed by atoms with Crippen molar-refractivity contribution in [2.75, 3.05) is 19.3 Å². The van der Waals surface area contributed by atoms with Gasteiger partial charge in [0.1, 0.15) is 12.4 Å². The number of hydrogen-bond donors (Lipinski definition) is 1. The van der Waals surface area contributed by atoms with E-state index in [9.17, 15) is 13.2 Å². The maximum atomic E-state index is 12.8. The minimum absolute atomic E-state index is 0.186. The predicted octanol–water partition coefficient (Wildman–Crippen LogP) is 3.73. The Morgan fingerprint density at radius 1 is 1.24 bits per heavy atom. The number of halogens is 2. The second-order valence-corrected chi connectivity index (χ2v) is 9.78. The zero-order valence-electron chi connectivity index (χ0n) is 15.9. The Hall–Kier alpha value is -1.80. The normalized spacial score (nSPS) is 17.7. The van der Waals surface area contributed by atoms with E-state index in [-0.39, 0.29) is 25.1 Å². The number of nitrogens with one attached hydrogen (secondary N) is 1. The van der Waals surface area contributed by atoms with Crippen molar-refractivity contribution in [2.45, 2.75) is 25.5 Å². The molecule has 0 radical (unpaired) electrons. The lowest BCUT2D eigenvalue weighted by molar-refractivity contribution is 0.0917. The van der Waals surface area contributed by atoms with Crippen LogP contribution in [-0.4, -0.2) is 44.0 Å². The summed E-state index contributed by atoms with van der Waals surface area (Å²) in [6.07, 6.45) is 2.61. The summed E-state index contributed by atoms with van der Waals surface area (Å²) in [5.41, 5.74) is 1.14. The van der Waals surface area contributed by atoms with Gasteiger partial charge in [-0.3, -0.25) is 4.79 Å². The fourth-order valence-electron chi connectivity index (χ4n) is 3.20. The van der Waals surface area contributed by atoms with Crippen LogP contribution in [0, 0.1) is 0 Å². The standard InChI is InChI=1S/C20H22Cl2N2O4S/c1-29(26,27)24-10-4-5-16(12-24)23-20(25)17-6-2-3-7-19(17)28-13-14-8-9-15(21)11-18(14)22/h2-3,6-9,11,16H,4-5,10,12-13H2,1H3,(H,23,25). The summed E-state index contributed by atoms with van der Waals surface area (Å²) < 4.78 is 30.8. The van der Waals surface area contributed by atoms with Crippen molar-refractivity contribution in [1.29, 1.82) is 0 Å². The minimum Gasteiger partial charge on any atom is -0.488 e. The minimum atomic E-state index is -3.28. The number of benzene rings is 2. The Morgan fingerprint density at radius 2 is 2.00 bits per heavy atom. The molecule has 1 amide bonds. The van der Waals surface area contributed by atoms with Crippen LogP contribution in [-0.2, 0) is 16.6 Å². The zero-order chi connectivity index (χ0) is 21.0. The Labute approximate surface area is 180 Å². The van der Waals surface area contributed by atoms with E-state index in [1.807, 2.05) is 0 Å². The third-order valence-electron chi connectivity index (χ3n) is 4.72. The molecule has 1 saturated heterocycles. The number of para-hydroxylation sites is 1. The molecule has 1 N–H and O–H groups in total. The average molecular weight is 457 g/mol. The molecule has 3 rings (SSSR count). The van der Waals surface area contributed by atoms with E-state index in [1.165, 1.54) is 10.6 Å². The molecule has 0 spiro atoms. The van der Waals surface area contributed by atoms with Crippen molar-refractivity contribution >= 4 is 39.1 Å². The second-order valence-electron chi connectivity index (χ2n) is 6.95. The molecule has 1 aliphatic rings. The molecule has 1 aliphatic heterocycles. The van der Waals surface area contributed by atoms with Crippen LogP contribution < -0.4 is 10.1 Å². The lowest BCUT2D eigenvalue weighted by atomic mass is 10.1. The maximum Gasteiger partial charge on any atom is 0.255 e. The molecule has 1 unspecified atom stereocenters. The van der Waals surface area contributed by atoms with E-state index < -0.39 is 10.0 Å². The highest BCUT2D eigenvalue weighted by molar-refractivity contribution is 7.88. The molecule has 1 heterocycles. The number of rotatable bonds is 6. The summed E-state index contributed by atoms with van der Waals surface area (Å²) >= 11 is 12.1. The van der Waals surface area contributed by atoms with Gasteiger partial charge in [0.05, 0.1) is 11.8 Å². The van der Waals surface area contributed by atoms with Gasteiger partial charge in [-0.2, -0.15) is 0 Å². The van der Waals surface area contributed by atoms with E-state index in [2.05, 4.69) is 5.32 Å². The number of nitrogens with zero attached hydrogens (tertiary/aromatic N) is 1. The van der Waals surface area contributed by atoms with Crippen LogP contribution in [0.5, 0.6) is 5.75 Å². The lowest BCUT2D eigenvalue weighted by Gasteiger charge is -2.31. The Kier molecular flexibility index (Phi) is 7.05. The Bertz CT molecular complexity index is 998. The predicted molar refractivity (Wildman–Crippen MR) is 114 cm³/mol. The summed E-state index contributed by atoms with van der Waals surface area (Å²) in [7, 11) is -3.28. The third-order valence-corrected chi connectivity index (χ3v) is 6.57. The molecule has 2 aromatic rings. The van der Waals surface area contributed by atoms with Crippen molar-refractivity contribution in [3.8, 4) is 5.75 Å². The lowest BCUT2D eigenvalue weighted by Crippen LogP contribution is -2.49. The van der Waals surface area contributed by atoms with Gasteiger partial charge in [-0.05, 0) is 37.1 Å². The van der Waals surface area contributed by atoms with Gasteiger partial charge in [-0.25, -0.2) is 12.7 Å². The number of hydrogen-bond acceptors (Lipinski definition) is 4. The van der Waals surface area contributed by atoms with Crippen LogP contribution in [0.4, 0.5) is 0 Å². The first-order valence-electron chi connectivity index (χ1n) is 9.16. The van der Waals surface area contributed by atoms with Gasteiger partial charge in [0.15, 0.2) is 0 Å². The number of sulfonamides is 1. The topological polar surface area (TPSA) is 75.7 Å². The number of carbonyl (C=O) groups excluding carboxylic acids is 1. The highest BCUT2D eigenvalue weighted by atomic mass is 35.5. The summed E-state index contributed by atoms with van der Waals surface area (Å²) in [6.45, 7) is 0.937. The molecule has 1 atom stereocenters. The zero-order valence-corrected chi connectivity index (χ0v) is 18.2. The molecule has 6 nitrogen and oxygen atoms in total. The second kappa shape index (κ2) is 9.34. The number of amides is 1. The smallest absolute Gasteiger partial charge is 0.255 e. The molecule has 2 aromatic carbocycles. The van der Waals surface area contributed by atoms with Crippen LogP contribution in [0.3, 0.4) is 0 Å². The van der Waals surface area contributed by atoms with Crippen LogP contribution in [0.15, 0.2) is 42.5 Å². The maximum absolute atomic E-state index is 12.8. The van der Waals surface area contributed by atoms with Gasteiger partial charge in [-0.1, -0.05) is 41.4 Å². The summed E-state index contributed by atoms with van der Waals surface area (Å²) in [6, 6.07) is 11.8. The number of carbonyl (C=O) groups is 1. The van der Waals surface area contributed by atoms with Crippen molar-refractivity contribution in [3.63, 3.8) is 0 Å². The van der Waals surface area contributed by atoms with E-state index in [0.29, 0.717) is 34.3 Å². The first-order valence-corrected chi connectivity index (χ1v) is 11.8. The average Bonchev–Trinajstić information content (AvgIpc) is 2.67. The van der Waals surface area contributed by atoms with Crippen molar-refractivity contribution in [2.24, 2.45) is 0 Å². The van der Waals surface area contributed by atoms with Gasteiger partial charge in [0.2, 0.25) is 10.0 Å². The number of ether oxygens (including phenoxy) is 1. The number of piperidine rings is 1. The van der Waals surface area contributed by atoms with Gasteiger partial charge in [0.25, 0.3) is 5.91 Å². The summed E-state index contributed by atoms with van der Waals surface area (Å²) in [5, 5.41) is 3.95. The largest absolute Gasteiger partial charge is 0.488 e. The van der Waals surface area contributed by atoms with E-state index in [1.54, 1.807) is 42.5 Å². The van der Waals surface area contributed by atoms with Crippen LogP contribution in [0.1, 0.15) is 28.8 Å². The SMILES string of the molecule is CS(=O)(=O)N1CCCC(NC(=O)c2ccccc2OCc2ccc(Cl)cc2Cl)C1. The molecule has 0 aliphatic carbocycles. The molecular formula is C20H22Cl2N2O4S. The van der Waals surface area contributed by atoms with Crippen molar-refractivity contribution in [3.05, 3.63) is 63.6 Å². The van der Waals surface area contributed by atoms with Crippen LogP contribution in [0.25, 0.3) is 0 Å². The molecule has 9 heteroatoms. The van der Waals surface area contributed by atoms with E-state index in [0.717, 1.165) is 12.0 Å². The van der Waals surface area contributed by atoms with Gasteiger partial charge >= 0.3 is 0 Å². The van der Waals surface area contributed by atoms with Crippen molar-refractivity contribution in [1.82, 2.24) is 9.62 Å². The van der Waals surface area contributed by atoms with Gasteiger partial charge in [0, 0.05) is 34.7 Å². The Morgan fingerprint density at radius 3 is 2.72 bits per heavy atom. The van der Waals surface area contributed by atoms with Gasteiger partial charge in [-0.15, -0.1) is 0 Å². The molecular weight excluding hydrogens is 435 g/mol. The van der Waals surface area contributed by atoms with E-state index in [4.69, 9.17) is 27.9 Å². The Balaban J connectivity index is 1.68. The highest BCUT2D eigenvalue weighted by Gasteiger charge is 2.27. The quantitative estimate of drug-likeness (QED) is 0.718. The van der Waals surface area contributed by atoms with E-state index >= 15 is 0 Å². The fourth-order valence-corrected chi connectivity index (χ4v) is 4.57. The molecule has 29 heavy (non-hydrogen) atoms. The first kappa shape index (κ1) is 21.9. The molecule has 1 fully saturated rings. The van der Waals surface area contributed by atoms with Crippen LogP contribution in [0.2, 0.25) is 10.0 Å².